The fourth-order valence-electron chi connectivity index (χ4n) is 3.75. The third-order valence-electron chi connectivity index (χ3n) is 5.33. The van der Waals surface area contributed by atoms with Crippen LogP contribution >= 0.6 is 0 Å². The molecule has 0 bridgehead atoms. The SMILES string of the molecule is c1cc(-c2cc(OC3CCNCC3)c3cnccc3c2)cc([C@H]2CN2)c1. The molecule has 0 spiro atoms. The van der Waals surface area contributed by atoms with Gasteiger partial charge < -0.3 is 15.4 Å². The number of rotatable bonds is 4. The van der Waals surface area contributed by atoms with Crippen LogP contribution in [0.5, 0.6) is 5.75 Å². The van der Waals surface area contributed by atoms with Gasteiger partial charge in [0.25, 0.3) is 0 Å². The lowest BCUT2D eigenvalue weighted by Gasteiger charge is -2.25. The molecule has 3 heterocycles. The van der Waals surface area contributed by atoms with Crippen LogP contribution in [0.2, 0.25) is 0 Å². The average molecular weight is 345 g/mol. The molecule has 0 amide bonds. The van der Waals surface area contributed by atoms with E-state index < -0.39 is 0 Å². The lowest BCUT2D eigenvalue weighted by Crippen LogP contribution is -2.34. The van der Waals surface area contributed by atoms with Crippen LogP contribution in [-0.4, -0.2) is 30.7 Å². The van der Waals surface area contributed by atoms with Crippen molar-refractivity contribution >= 4 is 10.8 Å². The Labute approximate surface area is 153 Å². The van der Waals surface area contributed by atoms with E-state index in [0.29, 0.717) is 6.04 Å². The van der Waals surface area contributed by atoms with Crippen molar-refractivity contribution in [2.45, 2.75) is 25.0 Å². The third-order valence-corrected chi connectivity index (χ3v) is 5.33. The molecule has 4 nitrogen and oxygen atoms in total. The van der Waals surface area contributed by atoms with Gasteiger partial charge in [0.2, 0.25) is 0 Å². The Morgan fingerprint density at radius 3 is 2.73 bits per heavy atom. The van der Waals surface area contributed by atoms with Crippen LogP contribution < -0.4 is 15.4 Å². The summed E-state index contributed by atoms with van der Waals surface area (Å²) in [7, 11) is 0. The van der Waals surface area contributed by atoms with Crippen molar-refractivity contribution in [2.24, 2.45) is 0 Å². The monoisotopic (exact) mass is 345 g/mol. The molecule has 2 N–H and O–H groups in total. The average Bonchev–Trinajstić information content (AvgIpc) is 3.54. The second-order valence-corrected chi connectivity index (χ2v) is 7.22. The van der Waals surface area contributed by atoms with E-state index in [9.17, 15) is 0 Å². The predicted molar refractivity (Wildman–Crippen MR) is 104 cm³/mol. The number of ether oxygens (including phenoxy) is 1. The molecule has 1 aromatic heterocycles. The Kier molecular flexibility index (Phi) is 4.07. The zero-order valence-electron chi connectivity index (χ0n) is 14.7. The van der Waals surface area contributed by atoms with E-state index in [-0.39, 0.29) is 6.10 Å². The van der Waals surface area contributed by atoms with Crippen LogP contribution in [0.15, 0.2) is 54.9 Å². The smallest absolute Gasteiger partial charge is 0.129 e. The van der Waals surface area contributed by atoms with Gasteiger partial charge >= 0.3 is 0 Å². The lowest BCUT2D eigenvalue weighted by atomic mass is 9.98. The number of hydrogen-bond donors (Lipinski definition) is 2. The van der Waals surface area contributed by atoms with E-state index in [1.807, 2.05) is 12.4 Å². The summed E-state index contributed by atoms with van der Waals surface area (Å²) in [5, 5.41) is 9.05. The first-order chi connectivity index (χ1) is 12.9. The molecule has 2 fully saturated rings. The van der Waals surface area contributed by atoms with E-state index in [0.717, 1.165) is 43.6 Å². The number of aromatic nitrogens is 1. The molecule has 2 saturated heterocycles. The van der Waals surface area contributed by atoms with Crippen molar-refractivity contribution in [1.29, 1.82) is 0 Å². The molecule has 0 saturated carbocycles. The van der Waals surface area contributed by atoms with Crippen LogP contribution in [0.3, 0.4) is 0 Å². The Morgan fingerprint density at radius 1 is 1.00 bits per heavy atom. The highest BCUT2D eigenvalue weighted by Crippen LogP contribution is 2.35. The highest BCUT2D eigenvalue weighted by Gasteiger charge is 2.22. The maximum absolute atomic E-state index is 6.43. The van der Waals surface area contributed by atoms with E-state index in [4.69, 9.17) is 4.74 Å². The van der Waals surface area contributed by atoms with Crippen LogP contribution in [0.1, 0.15) is 24.4 Å². The Morgan fingerprint density at radius 2 is 1.88 bits per heavy atom. The quantitative estimate of drug-likeness (QED) is 0.708. The molecule has 0 unspecified atom stereocenters. The summed E-state index contributed by atoms with van der Waals surface area (Å²) in [5.74, 6) is 0.951. The molecule has 1 atom stereocenters. The summed E-state index contributed by atoms with van der Waals surface area (Å²) in [5.41, 5.74) is 3.80. The van der Waals surface area contributed by atoms with Crippen molar-refractivity contribution in [2.75, 3.05) is 19.6 Å². The lowest BCUT2D eigenvalue weighted by molar-refractivity contribution is 0.164. The van der Waals surface area contributed by atoms with Crippen molar-refractivity contribution in [1.82, 2.24) is 15.6 Å². The summed E-state index contributed by atoms with van der Waals surface area (Å²) >= 11 is 0. The van der Waals surface area contributed by atoms with E-state index >= 15 is 0 Å². The normalized spacial score (nSPS) is 20.2. The molecule has 4 heteroatoms. The number of nitrogens with one attached hydrogen (secondary N) is 2. The maximum Gasteiger partial charge on any atom is 0.129 e. The summed E-state index contributed by atoms with van der Waals surface area (Å²) in [6, 6.07) is 15.8. The summed E-state index contributed by atoms with van der Waals surface area (Å²) in [4.78, 5) is 4.31. The standard InChI is InChI=1S/C22H23N3O/c1-2-15(10-17(3-1)21-14-25-21)18-11-16-4-7-24-13-20(16)22(12-18)26-19-5-8-23-9-6-19/h1-4,7,10-13,19,21,23,25H,5-6,8-9,14H2/t21-/m1/s1. The van der Waals surface area contributed by atoms with Gasteiger partial charge in [0.1, 0.15) is 11.9 Å². The number of nitrogens with zero attached hydrogens (tertiary/aromatic N) is 1. The van der Waals surface area contributed by atoms with E-state index in [1.54, 1.807) is 0 Å². The minimum Gasteiger partial charge on any atom is -0.490 e. The van der Waals surface area contributed by atoms with Crippen LogP contribution in [0, 0.1) is 0 Å². The van der Waals surface area contributed by atoms with Gasteiger partial charge in [-0.25, -0.2) is 0 Å². The van der Waals surface area contributed by atoms with Crippen LogP contribution in [0.25, 0.3) is 21.9 Å². The first-order valence-electron chi connectivity index (χ1n) is 9.46. The van der Waals surface area contributed by atoms with Gasteiger partial charge in [-0.3, -0.25) is 4.98 Å². The fourth-order valence-corrected chi connectivity index (χ4v) is 3.75. The molecule has 0 radical (unpaired) electrons. The molecule has 0 aliphatic carbocycles. The first-order valence-corrected chi connectivity index (χ1v) is 9.46. The number of piperidine rings is 1. The van der Waals surface area contributed by atoms with Crippen molar-refractivity contribution < 1.29 is 4.74 Å². The minimum atomic E-state index is 0.275. The Balaban J connectivity index is 1.56. The molecule has 2 aliphatic heterocycles. The Bertz CT molecular complexity index is 930. The third kappa shape index (κ3) is 3.18. The largest absolute Gasteiger partial charge is 0.490 e. The van der Waals surface area contributed by atoms with Gasteiger partial charge in [-0.15, -0.1) is 0 Å². The Hall–Kier alpha value is -2.43. The fraction of sp³-hybridized carbons (Fsp3) is 0.318. The van der Waals surface area contributed by atoms with Gasteiger partial charge in [0, 0.05) is 30.4 Å². The van der Waals surface area contributed by atoms with Gasteiger partial charge in [0.05, 0.1) is 0 Å². The van der Waals surface area contributed by atoms with Crippen LogP contribution in [0.4, 0.5) is 0 Å². The topological polar surface area (TPSA) is 56.1 Å². The number of benzene rings is 2. The first kappa shape index (κ1) is 15.8. The molecule has 132 valence electrons. The number of hydrogen-bond acceptors (Lipinski definition) is 4. The van der Waals surface area contributed by atoms with E-state index in [1.165, 1.54) is 22.1 Å². The molecular weight excluding hydrogens is 322 g/mol. The van der Waals surface area contributed by atoms with Crippen LogP contribution in [-0.2, 0) is 0 Å². The van der Waals surface area contributed by atoms with E-state index in [2.05, 4.69) is 58.1 Å². The second-order valence-electron chi connectivity index (χ2n) is 7.22. The molecule has 3 aromatic rings. The number of pyridine rings is 1. The highest BCUT2D eigenvalue weighted by molar-refractivity contribution is 5.92. The molecule has 26 heavy (non-hydrogen) atoms. The van der Waals surface area contributed by atoms with Crippen molar-refractivity contribution in [3.8, 4) is 16.9 Å². The van der Waals surface area contributed by atoms with Gasteiger partial charge in [-0.05, 0) is 72.3 Å². The molecule has 2 aliphatic rings. The minimum absolute atomic E-state index is 0.275. The summed E-state index contributed by atoms with van der Waals surface area (Å²) in [6.07, 6.45) is 6.14. The summed E-state index contributed by atoms with van der Waals surface area (Å²) < 4.78 is 6.43. The van der Waals surface area contributed by atoms with Crippen molar-refractivity contribution in [3.63, 3.8) is 0 Å². The van der Waals surface area contributed by atoms with Crippen molar-refractivity contribution in [3.05, 3.63) is 60.4 Å². The van der Waals surface area contributed by atoms with Gasteiger partial charge in [-0.2, -0.15) is 0 Å². The zero-order valence-corrected chi connectivity index (χ0v) is 14.7. The highest BCUT2D eigenvalue weighted by atomic mass is 16.5. The van der Waals surface area contributed by atoms with Gasteiger partial charge in [0.15, 0.2) is 0 Å². The molecular formula is C22H23N3O. The zero-order chi connectivity index (χ0) is 17.3. The number of fused-ring (bicyclic) bond motifs is 1. The molecule has 5 rings (SSSR count). The van der Waals surface area contributed by atoms with Gasteiger partial charge in [-0.1, -0.05) is 18.2 Å². The second kappa shape index (κ2) is 6.71. The maximum atomic E-state index is 6.43. The summed E-state index contributed by atoms with van der Waals surface area (Å²) in [6.45, 7) is 3.13. The predicted octanol–water partition coefficient (Wildman–Crippen LogP) is 3.68. The molecule has 2 aromatic carbocycles.